The maximum absolute atomic E-state index is 13.2. The summed E-state index contributed by atoms with van der Waals surface area (Å²) < 4.78 is 0. The van der Waals surface area contributed by atoms with E-state index >= 15 is 0 Å². The number of piperazine rings is 1. The van der Waals surface area contributed by atoms with E-state index in [1.54, 1.807) is 4.90 Å². The molecule has 0 aromatic heterocycles. The number of carbonyl (C=O) groups is 2. The number of amides is 2. The van der Waals surface area contributed by atoms with Gasteiger partial charge in [-0.05, 0) is 84.9 Å². The molecule has 1 aromatic rings. The van der Waals surface area contributed by atoms with Gasteiger partial charge in [0, 0.05) is 30.4 Å². The Morgan fingerprint density at radius 1 is 1.24 bits per heavy atom. The Kier molecular flexibility index (Phi) is 7.91. The Bertz CT molecular complexity index is 1280. The van der Waals surface area contributed by atoms with Crippen LogP contribution in [0.4, 0.5) is 0 Å². The Morgan fingerprint density at radius 2 is 2.03 bits per heavy atom. The molecule has 5 nitrogen and oxygen atoms in total. The van der Waals surface area contributed by atoms with Crippen molar-refractivity contribution in [2.24, 2.45) is 4.99 Å². The number of nitrogens with zero attached hydrogens (tertiary/aromatic N) is 2. The van der Waals surface area contributed by atoms with Crippen molar-refractivity contribution in [3.63, 3.8) is 0 Å². The fourth-order valence-corrected chi connectivity index (χ4v) is 5.12. The Hall–Kier alpha value is -3.73. The Morgan fingerprint density at radius 3 is 2.68 bits per heavy atom. The third-order valence-corrected chi connectivity index (χ3v) is 7.50. The maximum Gasteiger partial charge on any atom is 0.254 e. The molecule has 1 spiro atoms. The molecule has 4 rings (SSSR count). The second-order valence-electron chi connectivity index (χ2n) is 9.99. The van der Waals surface area contributed by atoms with Crippen LogP contribution >= 0.6 is 0 Å². The van der Waals surface area contributed by atoms with Crippen LogP contribution in [0.15, 0.2) is 89.1 Å². The molecule has 1 saturated carbocycles. The zero-order valence-electron chi connectivity index (χ0n) is 22.3. The van der Waals surface area contributed by atoms with E-state index in [1.807, 2.05) is 44.3 Å². The van der Waals surface area contributed by atoms with Gasteiger partial charge in [0.25, 0.3) is 5.91 Å². The van der Waals surface area contributed by atoms with Gasteiger partial charge in [-0.1, -0.05) is 56.5 Å². The number of allylic oxidation sites excluding steroid dienone is 9. The van der Waals surface area contributed by atoms with Crippen molar-refractivity contribution in [2.45, 2.75) is 51.9 Å². The van der Waals surface area contributed by atoms with Crippen molar-refractivity contribution in [1.29, 1.82) is 0 Å². The minimum absolute atomic E-state index is 0.0950. The molecule has 0 atom stereocenters. The van der Waals surface area contributed by atoms with Crippen LogP contribution in [0.1, 0.15) is 67.9 Å². The molecule has 192 valence electrons. The van der Waals surface area contributed by atoms with Crippen LogP contribution in [-0.2, 0) is 10.2 Å². The number of aliphatic imine (C=N–C) groups is 1. The molecule has 37 heavy (non-hydrogen) atoms. The van der Waals surface area contributed by atoms with Gasteiger partial charge in [0.15, 0.2) is 0 Å². The smallest absolute Gasteiger partial charge is 0.254 e. The molecule has 1 N–H and O–H groups in total. The highest BCUT2D eigenvalue weighted by Gasteiger charge is 2.47. The molecule has 1 heterocycles. The number of nitrogens with one attached hydrogen (secondary N) is 1. The average Bonchev–Trinajstić information content (AvgIpc) is 3.68. The fourth-order valence-electron chi connectivity index (χ4n) is 5.12. The second-order valence-corrected chi connectivity index (χ2v) is 9.99. The number of rotatable bonds is 8. The Balaban J connectivity index is 1.59. The summed E-state index contributed by atoms with van der Waals surface area (Å²) in [4.78, 5) is 31.4. The van der Waals surface area contributed by atoms with Crippen LogP contribution in [0, 0.1) is 0 Å². The summed E-state index contributed by atoms with van der Waals surface area (Å²) in [5.74, 6) is -0.237. The summed E-state index contributed by atoms with van der Waals surface area (Å²) in [6.07, 6.45) is 16.5. The highest BCUT2D eigenvalue weighted by molar-refractivity contribution is 5.99. The first-order chi connectivity index (χ1) is 17.8. The molecular formula is C32H37N3O2. The molecule has 2 fully saturated rings. The van der Waals surface area contributed by atoms with Crippen molar-refractivity contribution >= 4 is 23.6 Å². The van der Waals surface area contributed by atoms with E-state index in [4.69, 9.17) is 4.99 Å². The largest absolute Gasteiger partial charge is 0.353 e. The summed E-state index contributed by atoms with van der Waals surface area (Å²) in [6.45, 7) is 15.8. The SMILES string of the molecule is C=C(/N=C\C(=C/C)C(=C)/C=C(\C=C/C)CC)C1=CCC2(CC2)c2ccc(C(=O)N3CCNC(=O)C3)cc21. The highest BCUT2D eigenvalue weighted by Crippen LogP contribution is 2.56. The van der Waals surface area contributed by atoms with Gasteiger partial charge in [-0.3, -0.25) is 14.6 Å². The average molecular weight is 496 g/mol. The Labute approximate surface area is 220 Å². The lowest BCUT2D eigenvalue weighted by Gasteiger charge is -2.29. The van der Waals surface area contributed by atoms with E-state index in [9.17, 15) is 9.59 Å². The molecule has 1 saturated heterocycles. The summed E-state index contributed by atoms with van der Waals surface area (Å²) in [6, 6.07) is 5.98. The number of hydrogen-bond acceptors (Lipinski definition) is 3. The summed E-state index contributed by atoms with van der Waals surface area (Å²) >= 11 is 0. The van der Waals surface area contributed by atoms with E-state index in [0.29, 0.717) is 24.4 Å². The normalized spacial score (nSPS) is 19.2. The molecule has 0 radical (unpaired) electrons. The van der Waals surface area contributed by atoms with Crippen LogP contribution in [0.2, 0.25) is 0 Å². The number of benzene rings is 1. The highest BCUT2D eigenvalue weighted by atomic mass is 16.2. The third kappa shape index (κ3) is 5.66. The number of fused-ring (bicyclic) bond motifs is 2. The molecule has 3 aliphatic rings. The van der Waals surface area contributed by atoms with Crippen molar-refractivity contribution in [1.82, 2.24) is 10.2 Å². The summed E-state index contributed by atoms with van der Waals surface area (Å²) in [7, 11) is 0. The van der Waals surface area contributed by atoms with E-state index in [2.05, 4.69) is 49.7 Å². The van der Waals surface area contributed by atoms with Gasteiger partial charge < -0.3 is 10.2 Å². The molecule has 2 aliphatic carbocycles. The van der Waals surface area contributed by atoms with Gasteiger partial charge in [-0.25, -0.2) is 0 Å². The third-order valence-electron chi connectivity index (χ3n) is 7.50. The summed E-state index contributed by atoms with van der Waals surface area (Å²) in [5, 5.41) is 2.78. The zero-order valence-corrected chi connectivity index (χ0v) is 22.3. The van der Waals surface area contributed by atoms with Gasteiger partial charge in [0.1, 0.15) is 0 Å². The monoisotopic (exact) mass is 495 g/mol. The first-order valence-corrected chi connectivity index (χ1v) is 13.1. The maximum atomic E-state index is 13.2. The minimum atomic E-state index is -0.120. The van der Waals surface area contributed by atoms with Crippen LogP contribution in [-0.4, -0.2) is 42.6 Å². The van der Waals surface area contributed by atoms with Crippen molar-refractivity contribution in [3.05, 3.63) is 101 Å². The number of hydrogen-bond donors (Lipinski definition) is 1. The van der Waals surface area contributed by atoms with Crippen molar-refractivity contribution in [2.75, 3.05) is 19.6 Å². The van der Waals surface area contributed by atoms with Crippen molar-refractivity contribution in [3.8, 4) is 0 Å². The minimum Gasteiger partial charge on any atom is -0.353 e. The standard InChI is InChI=1S/C32H37N3O2/c1-6-9-24(7-2)18-22(4)25(8-3)20-34-23(5)27-12-13-32(14-15-32)29-11-10-26(19-28(27)29)31(37)35-17-16-33-30(36)21-35/h6,8-12,18-20H,4-5,7,13-17,21H2,1-3H3,(H,33,36)/b9-6-,24-18-,25-8+,34-20-. The number of carbonyl (C=O) groups excluding carboxylic acids is 2. The topological polar surface area (TPSA) is 61.8 Å². The quantitative estimate of drug-likeness (QED) is 0.351. The molecule has 0 bridgehead atoms. The predicted molar refractivity (Wildman–Crippen MR) is 153 cm³/mol. The van der Waals surface area contributed by atoms with E-state index in [-0.39, 0.29) is 23.8 Å². The molecule has 2 amide bonds. The first kappa shape index (κ1) is 26.3. The lowest BCUT2D eigenvalue weighted by Crippen LogP contribution is -2.50. The van der Waals surface area contributed by atoms with E-state index < -0.39 is 0 Å². The van der Waals surface area contributed by atoms with Gasteiger partial charge in [-0.2, -0.15) is 0 Å². The fraction of sp³-hybridized carbons (Fsp3) is 0.344. The van der Waals surface area contributed by atoms with Crippen LogP contribution in [0.5, 0.6) is 0 Å². The molecule has 1 aliphatic heterocycles. The first-order valence-electron chi connectivity index (χ1n) is 13.1. The lowest BCUT2D eigenvalue weighted by molar-refractivity contribution is -0.123. The molecule has 0 unspecified atom stereocenters. The summed E-state index contributed by atoms with van der Waals surface area (Å²) in [5.41, 5.74) is 7.76. The lowest BCUT2D eigenvalue weighted by atomic mass is 9.79. The van der Waals surface area contributed by atoms with E-state index in [0.717, 1.165) is 48.0 Å². The van der Waals surface area contributed by atoms with Gasteiger partial charge in [0.05, 0.1) is 12.2 Å². The molecular weight excluding hydrogens is 458 g/mol. The predicted octanol–water partition coefficient (Wildman–Crippen LogP) is 6.08. The molecule has 1 aromatic carbocycles. The van der Waals surface area contributed by atoms with E-state index in [1.165, 1.54) is 11.1 Å². The molecule has 5 heteroatoms. The second kappa shape index (κ2) is 11.1. The van der Waals surface area contributed by atoms with Gasteiger partial charge in [-0.15, -0.1) is 0 Å². The van der Waals surface area contributed by atoms with Gasteiger partial charge in [0.2, 0.25) is 5.91 Å². The van der Waals surface area contributed by atoms with Crippen LogP contribution in [0.3, 0.4) is 0 Å². The van der Waals surface area contributed by atoms with Crippen molar-refractivity contribution < 1.29 is 9.59 Å². The van der Waals surface area contributed by atoms with Crippen LogP contribution in [0.25, 0.3) is 5.57 Å². The van der Waals surface area contributed by atoms with Gasteiger partial charge >= 0.3 is 0 Å². The zero-order chi connectivity index (χ0) is 26.6. The van der Waals surface area contributed by atoms with Crippen LogP contribution < -0.4 is 5.32 Å².